The van der Waals surface area contributed by atoms with E-state index >= 15 is 0 Å². The van der Waals surface area contributed by atoms with Gasteiger partial charge >= 0.3 is 0 Å². The number of hydrogen-bond donors (Lipinski definition) is 2. The lowest BCUT2D eigenvalue weighted by Crippen LogP contribution is -2.19. The first-order valence-corrected chi connectivity index (χ1v) is 7.13. The molecular weight excluding hydrogens is 296 g/mol. The quantitative estimate of drug-likeness (QED) is 0.834. The molecule has 0 radical (unpaired) electrons. The van der Waals surface area contributed by atoms with Crippen molar-refractivity contribution in [2.45, 2.75) is 26.2 Å². The van der Waals surface area contributed by atoms with Gasteiger partial charge < -0.3 is 11.1 Å². The molecule has 0 saturated carbocycles. The summed E-state index contributed by atoms with van der Waals surface area (Å²) in [5.41, 5.74) is 7.13. The first kappa shape index (κ1) is 14.7. The van der Waals surface area contributed by atoms with Gasteiger partial charge in [-0.05, 0) is 29.7 Å². The molecule has 2 aromatic rings. The summed E-state index contributed by atoms with van der Waals surface area (Å²) in [6, 6.07) is 4.96. The van der Waals surface area contributed by atoms with E-state index in [0.717, 1.165) is 11.5 Å². The van der Waals surface area contributed by atoms with Crippen molar-refractivity contribution in [1.29, 1.82) is 0 Å². The van der Waals surface area contributed by atoms with Gasteiger partial charge in [-0.25, -0.2) is 0 Å². The summed E-state index contributed by atoms with van der Waals surface area (Å²) in [6.07, 6.45) is 0. The topological polar surface area (TPSA) is 80.9 Å². The van der Waals surface area contributed by atoms with Crippen LogP contribution in [-0.4, -0.2) is 15.5 Å². The number of aromatic nitrogens is 2. The van der Waals surface area contributed by atoms with Crippen LogP contribution in [0.4, 0.5) is 11.4 Å². The molecule has 0 spiro atoms. The molecule has 0 aliphatic heterocycles. The summed E-state index contributed by atoms with van der Waals surface area (Å²) in [5, 5.41) is 7.22. The average molecular weight is 311 g/mol. The zero-order valence-corrected chi connectivity index (χ0v) is 13.0. The van der Waals surface area contributed by atoms with E-state index < -0.39 is 0 Å². The molecule has 0 aliphatic rings. The largest absolute Gasteiger partial charge is 0.398 e. The van der Waals surface area contributed by atoms with Crippen molar-refractivity contribution in [3.05, 3.63) is 33.8 Å². The highest BCUT2D eigenvalue weighted by Gasteiger charge is 2.26. The number of halogens is 1. The molecule has 0 saturated heterocycles. The molecule has 1 amide bonds. The van der Waals surface area contributed by atoms with Crippen molar-refractivity contribution in [3.63, 3.8) is 0 Å². The van der Waals surface area contributed by atoms with Gasteiger partial charge in [0, 0.05) is 11.1 Å². The number of rotatable bonds is 2. The van der Waals surface area contributed by atoms with Gasteiger partial charge in [-0.1, -0.05) is 36.9 Å². The fourth-order valence-electron chi connectivity index (χ4n) is 1.62. The van der Waals surface area contributed by atoms with Gasteiger partial charge in [-0.15, -0.1) is 5.10 Å². The van der Waals surface area contributed by atoms with Crippen molar-refractivity contribution in [2.24, 2.45) is 0 Å². The zero-order valence-electron chi connectivity index (χ0n) is 11.4. The fraction of sp³-hybridized carbons (Fsp3) is 0.308. The molecule has 5 nitrogen and oxygen atoms in total. The van der Waals surface area contributed by atoms with Gasteiger partial charge in [0.15, 0.2) is 0 Å². The summed E-state index contributed by atoms with van der Waals surface area (Å²) in [7, 11) is 0. The normalized spacial score (nSPS) is 11.4. The number of nitrogens with zero attached hydrogens (tertiary/aromatic N) is 2. The van der Waals surface area contributed by atoms with Gasteiger partial charge in [0.05, 0.1) is 16.4 Å². The van der Waals surface area contributed by atoms with Gasteiger partial charge in [-0.2, -0.15) is 0 Å². The monoisotopic (exact) mass is 310 g/mol. The van der Waals surface area contributed by atoms with Crippen molar-refractivity contribution < 1.29 is 4.79 Å². The molecule has 7 heteroatoms. The fourth-order valence-corrected chi connectivity index (χ4v) is 2.58. The van der Waals surface area contributed by atoms with E-state index in [9.17, 15) is 4.79 Å². The minimum Gasteiger partial charge on any atom is -0.398 e. The Balaban J connectivity index is 2.25. The van der Waals surface area contributed by atoms with E-state index in [2.05, 4.69) is 14.9 Å². The first-order valence-electron chi connectivity index (χ1n) is 5.98. The van der Waals surface area contributed by atoms with Crippen LogP contribution < -0.4 is 11.1 Å². The highest BCUT2D eigenvalue weighted by molar-refractivity contribution is 7.08. The van der Waals surface area contributed by atoms with Crippen LogP contribution in [0.3, 0.4) is 0 Å². The van der Waals surface area contributed by atoms with Gasteiger partial charge in [-0.3, -0.25) is 4.79 Å². The SMILES string of the molecule is CC(C)(C)c1nnsc1C(=O)Nc1ccc(N)c(Cl)c1. The van der Waals surface area contributed by atoms with Crippen LogP contribution in [-0.2, 0) is 5.41 Å². The van der Waals surface area contributed by atoms with Crippen LogP contribution in [0.1, 0.15) is 36.1 Å². The molecule has 0 unspecified atom stereocenters. The Kier molecular flexibility index (Phi) is 3.96. The smallest absolute Gasteiger partial charge is 0.269 e. The van der Waals surface area contributed by atoms with E-state index in [4.69, 9.17) is 17.3 Å². The summed E-state index contributed by atoms with van der Waals surface area (Å²) in [6.45, 7) is 5.96. The molecular formula is C13H15ClN4OS. The number of nitrogens with one attached hydrogen (secondary N) is 1. The van der Waals surface area contributed by atoms with Crippen LogP contribution in [0.15, 0.2) is 18.2 Å². The number of anilines is 2. The predicted molar refractivity (Wildman–Crippen MR) is 82.4 cm³/mol. The lowest BCUT2D eigenvalue weighted by molar-refractivity contribution is 0.102. The maximum absolute atomic E-state index is 12.3. The molecule has 1 aromatic carbocycles. The van der Waals surface area contributed by atoms with E-state index in [1.165, 1.54) is 0 Å². The summed E-state index contributed by atoms with van der Waals surface area (Å²) in [5.74, 6) is -0.245. The molecule has 106 valence electrons. The van der Waals surface area contributed by atoms with Crippen LogP contribution in [0.5, 0.6) is 0 Å². The van der Waals surface area contributed by atoms with E-state index in [0.29, 0.717) is 27.0 Å². The number of carbonyl (C=O) groups is 1. The number of carbonyl (C=O) groups excluding carboxylic acids is 1. The molecule has 2 rings (SSSR count). The molecule has 0 bridgehead atoms. The third-order valence-corrected chi connectivity index (χ3v) is 3.71. The van der Waals surface area contributed by atoms with Crippen LogP contribution >= 0.6 is 23.1 Å². The van der Waals surface area contributed by atoms with Crippen molar-refractivity contribution in [3.8, 4) is 0 Å². The van der Waals surface area contributed by atoms with Crippen LogP contribution in [0.2, 0.25) is 5.02 Å². The first-order chi connectivity index (χ1) is 9.29. The molecule has 1 heterocycles. The van der Waals surface area contributed by atoms with Gasteiger partial charge in [0.2, 0.25) is 0 Å². The second kappa shape index (κ2) is 5.38. The van der Waals surface area contributed by atoms with Crippen molar-refractivity contribution in [1.82, 2.24) is 9.59 Å². The Bertz CT molecular complexity index is 648. The molecule has 3 N–H and O–H groups in total. The number of amides is 1. The van der Waals surface area contributed by atoms with Crippen LogP contribution in [0.25, 0.3) is 0 Å². The maximum Gasteiger partial charge on any atom is 0.269 e. The summed E-state index contributed by atoms with van der Waals surface area (Å²) < 4.78 is 3.87. The summed E-state index contributed by atoms with van der Waals surface area (Å²) >= 11 is 7.01. The predicted octanol–water partition coefficient (Wildman–Crippen LogP) is 3.32. The highest BCUT2D eigenvalue weighted by atomic mass is 35.5. The standard InChI is InChI=1S/C13H15ClN4OS/c1-13(2,3)11-10(20-18-17-11)12(19)16-7-4-5-9(15)8(14)6-7/h4-6H,15H2,1-3H3,(H,16,19). The molecule has 20 heavy (non-hydrogen) atoms. The molecule has 0 atom stereocenters. The second-order valence-electron chi connectivity index (χ2n) is 5.39. The van der Waals surface area contributed by atoms with Crippen molar-refractivity contribution in [2.75, 3.05) is 11.1 Å². The van der Waals surface area contributed by atoms with Gasteiger partial charge in [0.1, 0.15) is 4.88 Å². The molecule has 1 aromatic heterocycles. The number of nitrogen functional groups attached to an aromatic ring is 1. The zero-order chi connectivity index (χ0) is 14.9. The molecule has 0 fully saturated rings. The Hall–Kier alpha value is -1.66. The van der Waals surface area contributed by atoms with Crippen LogP contribution in [0, 0.1) is 0 Å². The Morgan fingerprint density at radius 3 is 2.70 bits per heavy atom. The summed E-state index contributed by atoms with van der Waals surface area (Å²) in [4.78, 5) is 12.8. The third-order valence-electron chi connectivity index (χ3n) is 2.66. The van der Waals surface area contributed by atoms with E-state index in [-0.39, 0.29) is 11.3 Å². The van der Waals surface area contributed by atoms with E-state index in [1.54, 1.807) is 18.2 Å². The third kappa shape index (κ3) is 3.08. The van der Waals surface area contributed by atoms with Crippen molar-refractivity contribution >= 4 is 40.4 Å². The maximum atomic E-state index is 12.3. The number of hydrogen-bond acceptors (Lipinski definition) is 5. The second-order valence-corrected chi connectivity index (χ2v) is 6.55. The number of nitrogens with two attached hydrogens (primary N) is 1. The minimum atomic E-state index is -0.245. The highest BCUT2D eigenvalue weighted by Crippen LogP contribution is 2.27. The Labute approximate surface area is 126 Å². The lowest BCUT2D eigenvalue weighted by atomic mass is 9.91. The Morgan fingerprint density at radius 2 is 2.10 bits per heavy atom. The lowest BCUT2D eigenvalue weighted by Gasteiger charge is -2.16. The Morgan fingerprint density at radius 1 is 1.40 bits per heavy atom. The average Bonchev–Trinajstić information content (AvgIpc) is 2.83. The minimum absolute atomic E-state index is 0.238. The number of benzene rings is 1. The van der Waals surface area contributed by atoms with E-state index in [1.807, 2.05) is 20.8 Å². The van der Waals surface area contributed by atoms with Gasteiger partial charge in [0.25, 0.3) is 5.91 Å². The molecule has 0 aliphatic carbocycles.